The van der Waals surface area contributed by atoms with Crippen LogP contribution in [0.3, 0.4) is 0 Å². The monoisotopic (exact) mass is 380 g/mol. The van der Waals surface area contributed by atoms with E-state index in [1.807, 2.05) is 29.2 Å². The predicted octanol–water partition coefficient (Wildman–Crippen LogP) is 0.736. The zero-order chi connectivity index (χ0) is 19.3. The number of rotatable bonds is 5. The van der Waals surface area contributed by atoms with E-state index in [0.29, 0.717) is 25.9 Å². The third-order valence-corrected chi connectivity index (χ3v) is 4.84. The zero-order valence-corrected chi connectivity index (χ0v) is 15.2. The molecule has 0 saturated carbocycles. The molecule has 1 aromatic carbocycles. The van der Waals surface area contributed by atoms with E-state index in [9.17, 15) is 9.59 Å². The summed E-state index contributed by atoms with van der Waals surface area (Å²) in [6, 6.07) is 7.31. The molecule has 0 aliphatic carbocycles. The molecule has 1 aliphatic heterocycles. The van der Waals surface area contributed by atoms with Gasteiger partial charge in [-0.05, 0) is 47.5 Å². The van der Waals surface area contributed by atoms with Crippen LogP contribution in [0.25, 0.3) is 5.69 Å². The number of hydrogen-bond donors (Lipinski definition) is 1. The minimum absolute atomic E-state index is 0.0168. The van der Waals surface area contributed by atoms with Gasteiger partial charge in [0.25, 0.3) is 0 Å². The van der Waals surface area contributed by atoms with Gasteiger partial charge >= 0.3 is 0 Å². The average molecular weight is 380 g/mol. The molecule has 0 bridgehead atoms. The number of aromatic nitrogens is 6. The Kier molecular flexibility index (Phi) is 5.09. The fraction of sp³-hybridized carbons (Fsp3) is 0.333. The van der Waals surface area contributed by atoms with Crippen LogP contribution in [-0.2, 0) is 16.1 Å². The summed E-state index contributed by atoms with van der Waals surface area (Å²) in [6.07, 6.45) is 7.87. The van der Waals surface area contributed by atoms with Crippen LogP contribution < -0.4 is 5.32 Å². The first-order valence-electron chi connectivity index (χ1n) is 9.07. The minimum atomic E-state index is -0.100. The highest BCUT2D eigenvalue weighted by Gasteiger charge is 2.27. The number of carbonyl (C=O) groups excluding carboxylic acids is 2. The highest BCUT2D eigenvalue weighted by atomic mass is 16.2. The summed E-state index contributed by atoms with van der Waals surface area (Å²) < 4.78 is 3.29. The van der Waals surface area contributed by atoms with E-state index in [1.165, 1.54) is 6.33 Å². The van der Waals surface area contributed by atoms with Crippen LogP contribution in [0.1, 0.15) is 12.8 Å². The van der Waals surface area contributed by atoms with Crippen molar-refractivity contribution >= 4 is 17.5 Å². The quantitative estimate of drug-likeness (QED) is 0.699. The van der Waals surface area contributed by atoms with Gasteiger partial charge in [-0.1, -0.05) is 0 Å². The lowest BCUT2D eigenvalue weighted by molar-refractivity contribution is -0.135. The summed E-state index contributed by atoms with van der Waals surface area (Å²) in [7, 11) is 0. The molecule has 10 heteroatoms. The van der Waals surface area contributed by atoms with E-state index in [1.54, 1.807) is 28.0 Å². The number of tetrazole rings is 1. The Bertz CT molecular complexity index is 913. The van der Waals surface area contributed by atoms with Crippen LogP contribution in [0.4, 0.5) is 5.69 Å². The van der Waals surface area contributed by atoms with Gasteiger partial charge in [-0.2, -0.15) is 0 Å². The fourth-order valence-electron chi connectivity index (χ4n) is 3.25. The smallest absolute Gasteiger partial charge is 0.242 e. The molecule has 1 saturated heterocycles. The molecule has 0 spiro atoms. The maximum Gasteiger partial charge on any atom is 0.242 e. The molecular weight excluding hydrogens is 360 g/mol. The lowest BCUT2D eigenvalue weighted by atomic mass is 9.95. The molecule has 1 fully saturated rings. The molecule has 144 valence electrons. The summed E-state index contributed by atoms with van der Waals surface area (Å²) in [5, 5.41) is 14.0. The second kappa shape index (κ2) is 7.99. The fourth-order valence-corrected chi connectivity index (χ4v) is 3.25. The summed E-state index contributed by atoms with van der Waals surface area (Å²) >= 11 is 0. The Hall–Kier alpha value is -3.56. The van der Waals surface area contributed by atoms with Crippen molar-refractivity contribution in [3.05, 3.63) is 49.3 Å². The Labute approximate surface area is 161 Å². The molecule has 0 radical (unpaired) electrons. The first-order chi connectivity index (χ1) is 13.7. The van der Waals surface area contributed by atoms with Crippen LogP contribution in [0.2, 0.25) is 0 Å². The van der Waals surface area contributed by atoms with Crippen molar-refractivity contribution in [1.29, 1.82) is 0 Å². The highest BCUT2D eigenvalue weighted by molar-refractivity contribution is 5.92. The molecule has 28 heavy (non-hydrogen) atoms. The van der Waals surface area contributed by atoms with Gasteiger partial charge in [0, 0.05) is 37.1 Å². The predicted molar refractivity (Wildman–Crippen MR) is 99.3 cm³/mol. The van der Waals surface area contributed by atoms with Gasteiger partial charge in [0.2, 0.25) is 11.8 Å². The molecule has 3 aromatic rings. The first kappa shape index (κ1) is 17.8. The lowest BCUT2D eigenvalue weighted by Gasteiger charge is -2.31. The van der Waals surface area contributed by atoms with Crippen molar-refractivity contribution in [2.75, 3.05) is 18.4 Å². The van der Waals surface area contributed by atoms with E-state index >= 15 is 0 Å². The normalized spacial score (nSPS) is 14.8. The van der Waals surface area contributed by atoms with Gasteiger partial charge in [-0.15, -0.1) is 5.10 Å². The van der Waals surface area contributed by atoms with Crippen molar-refractivity contribution < 1.29 is 9.59 Å². The Morgan fingerprint density at radius 1 is 1.11 bits per heavy atom. The second-order valence-electron chi connectivity index (χ2n) is 6.68. The van der Waals surface area contributed by atoms with E-state index in [0.717, 1.165) is 11.4 Å². The summed E-state index contributed by atoms with van der Waals surface area (Å²) in [4.78, 5) is 30.6. The van der Waals surface area contributed by atoms with Gasteiger partial charge in [-0.3, -0.25) is 9.59 Å². The summed E-state index contributed by atoms with van der Waals surface area (Å²) in [5.74, 6) is -0.0663. The number of carbonyl (C=O) groups is 2. The third kappa shape index (κ3) is 4.05. The third-order valence-electron chi connectivity index (χ3n) is 4.84. The van der Waals surface area contributed by atoms with Gasteiger partial charge in [0.15, 0.2) is 0 Å². The number of benzene rings is 1. The number of amides is 2. The van der Waals surface area contributed by atoms with Crippen LogP contribution in [0, 0.1) is 5.92 Å². The minimum Gasteiger partial charge on any atom is -0.341 e. The number of hydrogen-bond acceptors (Lipinski definition) is 6. The molecule has 2 aromatic heterocycles. The lowest BCUT2D eigenvalue weighted by Crippen LogP contribution is -2.42. The number of nitrogens with zero attached hydrogens (tertiary/aromatic N) is 7. The molecule has 1 aliphatic rings. The molecule has 0 unspecified atom stereocenters. The summed E-state index contributed by atoms with van der Waals surface area (Å²) in [5.41, 5.74) is 1.54. The molecule has 1 N–H and O–H groups in total. The maximum atomic E-state index is 12.5. The number of likely N-dealkylation sites (tertiary alicyclic amines) is 1. The van der Waals surface area contributed by atoms with Crippen LogP contribution >= 0.6 is 0 Å². The van der Waals surface area contributed by atoms with Crippen LogP contribution in [0.5, 0.6) is 0 Å². The van der Waals surface area contributed by atoms with Gasteiger partial charge in [-0.25, -0.2) is 9.67 Å². The Morgan fingerprint density at radius 3 is 2.54 bits per heavy atom. The van der Waals surface area contributed by atoms with E-state index in [-0.39, 0.29) is 24.3 Å². The number of piperidine rings is 1. The standard InChI is InChI=1S/C18H20N8O2/c27-17(11-24-10-7-19-12-24)25-8-5-14(6-9-25)18(28)21-15-1-3-16(4-2-15)26-13-20-22-23-26/h1-4,7,10,12-14H,5-6,8-9,11H2,(H,21,28). The average Bonchev–Trinajstić information content (AvgIpc) is 3.43. The zero-order valence-electron chi connectivity index (χ0n) is 15.2. The molecule has 4 rings (SSSR count). The van der Waals surface area contributed by atoms with Crippen molar-refractivity contribution in [1.82, 2.24) is 34.7 Å². The van der Waals surface area contributed by atoms with Gasteiger partial charge < -0.3 is 14.8 Å². The second-order valence-corrected chi connectivity index (χ2v) is 6.68. The van der Waals surface area contributed by atoms with Crippen molar-refractivity contribution in [2.24, 2.45) is 5.92 Å². The number of nitrogens with one attached hydrogen (secondary N) is 1. The van der Waals surface area contributed by atoms with Crippen molar-refractivity contribution in [3.63, 3.8) is 0 Å². The maximum absolute atomic E-state index is 12.5. The van der Waals surface area contributed by atoms with Crippen LogP contribution in [-0.4, -0.2) is 59.6 Å². The van der Waals surface area contributed by atoms with Crippen LogP contribution in [0.15, 0.2) is 49.3 Å². The van der Waals surface area contributed by atoms with Gasteiger partial charge in [0.1, 0.15) is 12.9 Å². The molecule has 10 nitrogen and oxygen atoms in total. The van der Waals surface area contributed by atoms with E-state index in [2.05, 4.69) is 25.8 Å². The number of imidazole rings is 1. The molecule has 0 atom stereocenters. The molecular formula is C18H20N8O2. The Balaban J connectivity index is 1.27. The van der Waals surface area contributed by atoms with E-state index < -0.39 is 0 Å². The van der Waals surface area contributed by atoms with Crippen molar-refractivity contribution in [3.8, 4) is 5.69 Å². The van der Waals surface area contributed by atoms with Gasteiger partial charge in [0.05, 0.1) is 12.0 Å². The molecule has 2 amide bonds. The van der Waals surface area contributed by atoms with Crippen molar-refractivity contribution in [2.45, 2.75) is 19.4 Å². The number of anilines is 1. The van der Waals surface area contributed by atoms with E-state index in [4.69, 9.17) is 0 Å². The first-order valence-corrected chi connectivity index (χ1v) is 9.07. The largest absolute Gasteiger partial charge is 0.341 e. The molecule has 3 heterocycles. The topological polar surface area (TPSA) is 111 Å². The highest BCUT2D eigenvalue weighted by Crippen LogP contribution is 2.20. The SMILES string of the molecule is O=C(Nc1ccc(-n2cnnn2)cc1)C1CCN(C(=O)Cn2ccnc2)CC1. The summed E-state index contributed by atoms with van der Waals surface area (Å²) in [6.45, 7) is 1.46. The Morgan fingerprint density at radius 2 is 1.89 bits per heavy atom.